The molecule has 1 aliphatic carbocycles. The molecule has 0 aliphatic heterocycles. The van der Waals surface area contributed by atoms with Crippen molar-refractivity contribution in [2.24, 2.45) is 0 Å². The predicted molar refractivity (Wildman–Crippen MR) is 107 cm³/mol. The lowest BCUT2D eigenvalue weighted by Crippen LogP contribution is -2.41. The Morgan fingerprint density at radius 2 is 1.65 bits per heavy atom. The van der Waals surface area contributed by atoms with Crippen LogP contribution in [0.5, 0.6) is 0 Å². The topological polar surface area (TPSA) is 49.4 Å². The Morgan fingerprint density at radius 3 is 2.19 bits per heavy atom. The first-order valence-electron chi connectivity index (χ1n) is 8.71. The number of hydrogen-bond acceptors (Lipinski definition) is 2. The van der Waals surface area contributed by atoms with Gasteiger partial charge in [-0.25, -0.2) is 0 Å². The number of benzene rings is 2. The third-order valence-electron chi connectivity index (χ3n) is 5.03. The van der Waals surface area contributed by atoms with E-state index in [1.165, 1.54) is 4.90 Å². The summed E-state index contributed by atoms with van der Waals surface area (Å²) in [6, 6.07) is 13.8. The molecular weight excluding hydrogens is 392 g/mol. The van der Waals surface area contributed by atoms with Crippen molar-refractivity contribution in [3.8, 4) is 0 Å². The van der Waals surface area contributed by atoms with Gasteiger partial charge in [-0.2, -0.15) is 0 Å². The van der Waals surface area contributed by atoms with Crippen LogP contribution in [-0.2, 0) is 15.0 Å². The zero-order valence-electron chi connectivity index (χ0n) is 15.3. The Kier molecular flexibility index (Phi) is 5.19. The molecule has 0 radical (unpaired) electrons. The second kappa shape index (κ2) is 7.23. The first-order chi connectivity index (χ1) is 12.3. The molecule has 1 saturated carbocycles. The number of carbonyl (C=O) groups excluding carboxylic acids is 2. The largest absolute Gasteiger partial charge is 0.336 e. The van der Waals surface area contributed by atoms with E-state index in [-0.39, 0.29) is 18.4 Å². The van der Waals surface area contributed by atoms with Gasteiger partial charge in [0, 0.05) is 17.2 Å². The molecule has 0 bridgehead atoms. The summed E-state index contributed by atoms with van der Waals surface area (Å²) >= 11 is 3.43. The fourth-order valence-corrected chi connectivity index (χ4v) is 3.63. The fourth-order valence-electron chi connectivity index (χ4n) is 3.36. The van der Waals surface area contributed by atoms with Crippen molar-refractivity contribution in [2.45, 2.75) is 32.1 Å². The summed E-state index contributed by atoms with van der Waals surface area (Å²) < 4.78 is 0.992. The van der Waals surface area contributed by atoms with Gasteiger partial charge < -0.3 is 10.2 Å². The standard InChI is InChI=1S/C21H23BrN2O2/c1-14-5-4-6-15(2)19(14)23-18(25)13-24(3)20(26)21(11-12-21)16-7-9-17(22)10-8-16/h4-10H,11-13H2,1-3H3,(H,23,25). The molecule has 1 N–H and O–H groups in total. The van der Waals surface area contributed by atoms with E-state index in [4.69, 9.17) is 0 Å². The lowest BCUT2D eigenvalue weighted by molar-refractivity contribution is -0.135. The average molecular weight is 415 g/mol. The maximum atomic E-state index is 13.0. The first kappa shape index (κ1) is 18.6. The highest BCUT2D eigenvalue weighted by molar-refractivity contribution is 9.10. The first-order valence-corrected chi connectivity index (χ1v) is 9.50. The number of carbonyl (C=O) groups is 2. The van der Waals surface area contributed by atoms with E-state index in [1.807, 2.05) is 56.3 Å². The molecule has 4 nitrogen and oxygen atoms in total. The average Bonchev–Trinajstić information content (AvgIpc) is 3.40. The van der Waals surface area contributed by atoms with E-state index in [0.717, 1.165) is 39.7 Å². The van der Waals surface area contributed by atoms with Crippen LogP contribution >= 0.6 is 15.9 Å². The minimum absolute atomic E-state index is 0.0106. The summed E-state index contributed by atoms with van der Waals surface area (Å²) in [6.07, 6.45) is 1.66. The van der Waals surface area contributed by atoms with Gasteiger partial charge in [-0.05, 0) is 55.5 Å². The van der Waals surface area contributed by atoms with Gasteiger partial charge in [0.1, 0.15) is 0 Å². The van der Waals surface area contributed by atoms with E-state index in [1.54, 1.807) is 7.05 Å². The van der Waals surface area contributed by atoms with Crippen molar-refractivity contribution in [2.75, 3.05) is 18.9 Å². The van der Waals surface area contributed by atoms with Crippen LogP contribution in [0.1, 0.15) is 29.5 Å². The van der Waals surface area contributed by atoms with Crippen LogP contribution in [0, 0.1) is 13.8 Å². The Labute approximate surface area is 162 Å². The number of likely N-dealkylation sites (N-methyl/N-ethyl adjacent to an activating group) is 1. The van der Waals surface area contributed by atoms with E-state index >= 15 is 0 Å². The summed E-state index contributed by atoms with van der Waals surface area (Å²) in [5.41, 5.74) is 3.41. The Bertz CT molecular complexity index is 821. The maximum Gasteiger partial charge on any atom is 0.243 e. The molecule has 2 aromatic rings. The van der Waals surface area contributed by atoms with Gasteiger partial charge in [0.15, 0.2) is 0 Å². The number of aryl methyl sites for hydroxylation is 2. The van der Waals surface area contributed by atoms with E-state index in [2.05, 4.69) is 21.2 Å². The second-order valence-electron chi connectivity index (χ2n) is 7.07. The number of para-hydroxylation sites is 1. The molecule has 0 saturated heterocycles. The van der Waals surface area contributed by atoms with Gasteiger partial charge in [0.2, 0.25) is 11.8 Å². The number of nitrogens with zero attached hydrogens (tertiary/aromatic N) is 1. The van der Waals surface area contributed by atoms with Crippen LogP contribution in [0.25, 0.3) is 0 Å². The van der Waals surface area contributed by atoms with Gasteiger partial charge in [-0.3, -0.25) is 9.59 Å². The van der Waals surface area contributed by atoms with Crippen molar-refractivity contribution in [1.29, 1.82) is 0 Å². The molecule has 136 valence electrons. The van der Waals surface area contributed by atoms with Crippen LogP contribution in [0.4, 0.5) is 5.69 Å². The number of anilines is 1. The predicted octanol–water partition coefficient (Wildman–Crippen LogP) is 4.19. The molecule has 1 aliphatic rings. The van der Waals surface area contributed by atoms with Gasteiger partial charge in [0.25, 0.3) is 0 Å². The molecule has 2 aromatic carbocycles. The SMILES string of the molecule is Cc1cccc(C)c1NC(=O)CN(C)C(=O)C1(c2ccc(Br)cc2)CC1. The molecule has 0 atom stereocenters. The highest BCUT2D eigenvalue weighted by Crippen LogP contribution is 2.49. The Hall–Kier alpha value is -2.14. The van der Waals surface area contributed by atoms with Gasteiger partial charge in [0.05, 0.1) is 12.0 Å². The fraction of sp³-hybridized carbons (Fsp3) is 0.333. The second-order valence-corrected chi connectivity index (χ2v) is 7.98. The quantitative estimate of drug-likeness (QED) is 0.796. The summed E-state index contributed by atoms with van der Waals surface area (Å²) in [5, 5.41) is 2.94. The molecule has 0 unspecified atom stereocenters. The minimum atomic E-state index is -0.464. The normalized spacial score (nSPS) is 14.6. The molecule has 1 fully saturated rings. The number of hydrogen-bond donors (Lipinski definition) is 1. The molecular formula is C21H23BrN2O2. The molecule has 3 rings (SSSR count). The van der Waals surface area contributed by atoms with Crippen molar-refractivity contribution >= 4 is 33.4 Å². The van der Waals surface area contributed by atoms with Crippen molar-refractivity contribution in [1.82, 2.24) is 4.90 Å². The Balaban J connectivity index is 1.68. The third kappa shape index (κ3) is 3.68. The van der Waals surface area contributed by atoms with E-state index in [0.29, 0.717) is 0 Å². The highest BCUT2D eigenvalue weighted by Gasteiger charge is 2.52. The smallest absolute Gasteiger partial charge is 0.243 e. The zero-order valence-corrected chi connectivity index (χ0v) is 16.9. The molecule has 0 aromatic heterocycles. The highest BCUT2D eigenvalue weighted by atomic mass is 79.9. The van der Waals surface area contributed by atoms with Gasteiger partial charge in [-0.15, -0.1) is 0 Å². The van der Waals surface area contributed by atoms with Crippen molar-refractivity contribution in [3.05, 3.63) is 63.6 Å². The number of nitrogens with one attached hydrogen (secondary N) is 1. The molecule has 0 heterocycles. The minimum Gasteiger partial charge on any atom is -0.336 e. The lowest BCUT2D eigenvalue weighted by atomic mass is 9.94. The lowest BCUT2D eigenvalue weighted by Gasteiger charge is -2.24. The molecule has 2 amide bonds. The number of rotatable bonds is 5. The molecule has 5 heteroatoms. The van der Waals surface area contributed by atoms with Crippen molar-refractivity contribution in [3.63, 3.8) is 0 Å². The summed E-state index contributed by atoms with van der Waals surface area (Å²) in [5.74, 6) is -0.165. The Morgan fingerprint density at radius 1 is 1.08 bits per heavy atom. The molecule has 0 spiro atoms. The number of amides is 2. The zero-order chi connectivity index (χ0) is 18.9. The van der Waals surface area contributed by atoms with Gasteiger partial charge in [-0.1, -0.05) is 46.3 Å². The van der Waals surface area contributed by atoms with E-state index in [9.17, 15) is 9.59 Å². The van der Waals surface area contributed by atoms with Crippen LogP contribution < -0.4 is 5.32 Å². The van der Waals surface area contributed by atoms with E-state index < -0.39 is 5.41 Å². The summed E-state index contributed by atoms with van der Waals surface area (Å²) in [4.78, 5) is 27.0. The summed E-state index contributed by atoms with van der Waals surface area (Å²) in [6.45, 7) is 3.97. The van der Waals surface area contributed by atoms with Crippen molar-refractivity contribution < 1.29 is 9.59 Å². The van der Waals surface area contributed by atoms with Gasteiger partial charge >= 0.3 is 0 Å². The summed E-state index contributed by atoms with van der Waals surface area (Å²) in [7, 11) is 1.70. The van der Waals surface area contributed by atoms with Crippen LogP contribution in [-0.4, -0.2) is 30.3 Å². The maximum absolute atomic E-state index is 13.0. The molecule has 26 heavy (non-hydrogen) atoms. The van der Waals surface area contributed by atoms with Crippen LogP contribution in [0.15, 0.2) is 46.9 Å². The van der Waals surface area contributed by atoms with Crippen LogP contribution in [0.3, 0.4) is 0 Å². The third-order valence-corrected chi connectivity index (χ3v) is 5.56. The number of halogens is 1. The van der Waals surface area contributed by atoms with Crippen LogP contribution in [0.2, 0.25) is 0 Å². The monoisotopic (exact) mass is 414 g/mol.